The molecule has 0 amide bonds. The maximum atomic E-state index is 2.19. The average Bonchev–Trinajstić information content (AvgIpc) is 2.04. The van der Waals surface area contributed by atoms with Gasteiger partial charge in [0.2, 0.25) is 0 Å². The fourth-order valence-corrected chi connectivity index (χ4v) is 3.17. The molecule has 1 heterocycles. The SMILES string of the molecule is c1ccc(SCC2CCS2)cc1. The standard InChI is InChI=1S/C10H12S2/c1-2-4-9(5-3-1)12-8-10-6-7-11-10/h1-5,10H,6-8H2. The van der Waals surface area contributed by atoms with E-state index in [0.29, 0.717) is 0 Å². The van der Waals surface area contributed by atoms with E-state index < -0.39 is 0 Å². The quantitative estimate of drug-likeness (QED) is 0.680. The number of benzene rings is 1. The third-order valence-electron chi connectivity index (χ3n) is 1.97. The van der Waals surface area contributed by atoms with Crippen LogP contribution in [0.25, 0.3) is 0 Å². The minimum absolute atomic E-state index is 0.926. The van der Waals surface area contributed by atoms with Gasteiger partial charge in [0.05, 0.1) is 0 Å². The molecule has 1 fully saturated rings. The van der Waals surface area contributed by atoms with Gasteiger partial charge in [-0.2, -0.15) is 11.8 Å². The van der Waals surface area contributed by atoms with E-state index in [1.54, 1.807) is 0 Å². The molecule has 0 N–H and O–H groups in total. The minimum Gasteiger partial charge on any atom is -0.158 e. The Hall–Kier alpha value is -0.0800. The summed E-state index contributed by atoms with van der Waals surface area (Å²) >= 11 is 4.09. The summed E-state index contributed by atoms with van der Waals surface area (Å²) in [6.07, 6.45) is 1.42. The van der Waals surface area contributed by atoms with Crippen LogP contribution in [-0.2, 0) is 0 Å². The lowest BCUT2D eigenvalue weighted by atomic mass is 10.3. The van der Waals surface area contributed by atoms with Crippen LogP contribution in [0, 0.1) is 0 Å². The van der Waals surface area contributed by atoms with E-state index in [4.69, 9.17) is 0 Å². The summed E-state index contributed by atoms with van der Waals surface area (Å²) < 4.78 is 0. The summed E-state index contributed by atoms with van der Waals surface area (Å²) in [7, 11) is 0. The summed E-state index contributed by atoms with van der Waals surface area (Å²) in [5.74, 6) is 2.66. The molecule has 0 aliphatic carbocycles. The predicted molar refractivity (Wildman–Crippen MR) is 58.0 cm³/mol. The van der Waals surface area contributed by atoms with Crippen molar-refractivity contribution in [2.75, 3.05) is 11.5 Å². The number of rotatable bonds is 3. The van der Waals surface area contributed by atoms with E-state index in [2.05, 4.69) is 42.1 Å². The van der Waals surface area contributed by atoms with Gasteiger partial charge in [-0.3, -0.25) is 0 Å². The Morgan fingerprint density at radius 3 is 2.67 bits per heavy atom. The van der Waals surface area contributed by atoms with Crippen molar-refractivity contribution in [1.82, 2.24) is 0 Å². The third kappa shape index (κ3) is 2.20. The Labute approximate surface area is 82.1 Å². The van der Waals surface area contributed by atoms with Gasteiger partial charge in [-0.05, 0) is 24.3 Å². The molecule has 0 spiro atoms. The first-order valence-electron chi connectivity index (χ1n) is 4.24. The van der Waals surface area contributed by atoms with Crippen LogP contribution in [0.4, 0.5) is 0 Å². The molecule has 2 heteroatoms. The Balaban J connectivity index is 1.79. The van der Waals surface area contributed by atoms with E-state index in [0.717, 1.165) is 5.25 Å². The smallest absolute Gasteiger partial charge is 0.0149 e. The molecule has 0 nitrogen and oxygen atoms in total. The summed E-state index contributed by atoms with van der Waals surface area (Å²) in [5.41, 5.74) is 0. The van der Waals surface area contributed by atoms with E-state index in [9.17, 15) is 0 Å². The van der Waals surface area contributed by atoms with Crippen LogP contribution >= 0.6 is 23.5 Å². The van der Waals surface area contributed by atoms with Gasteiger partial charge in [0, 0.05) is 15.9 Å². The zero-order valence-corrected chi connectivity index (χ0v) is 8.53. The van der Waals surface area contributed by atoms with Gasteiger partial charge >= 0.3 is 0 Å². The second kappa shape index (κ2) is 4.24. The van der Waals surface area contributed by atoms with Crippen LogP contribution < -0.4 is 0 Å². The highest BCUT2D eigenvalue weighted by Gasteiger charge is 2.17. The van der Waals surface area contributed by atoms with E-state index >= 15 is 0 Å². The second-order valence-corrected chi connectivity index (χ2v) is 5.41. The molecule has 64 valence electrons. The zero-order valence-electron chi connectivity index (χ0n) is 6.90. The highest BCUT2D eigenvalue weighted by Crippen LogP contribution is 2.32. The summed E-state index contributed by atoms with van der Waals surface area (Å²) in [6.45, 7) is 0. The van der Waals surface area contributed by atoms with Gasteiger partial charge in [0.1, 0.15) is 0 Å². The van der Waals surface area contributed by atoms with Crippen molar-refractivity contribution in [2.24, 2.45) is 0 Å². The second-order valence-electron chi connectivity index (χ2n) is 2.91. The van der Waals surface area contributed by atoms with Crippen LogP contribution in [-0.4, -0.2) is 16.8 Å². The first-order valence-corrected chi connectivity index (χ1v) is 6.28. The van der Waals surface area contributed by atoms with Crippen molar-refractivity contribution in [3.8, 4) is 0 Å². The van der Waals surface area contributed by atoms with Crippen molar-refractivity contribution in [3.05, 3.63) is 30.3 Å². The number of hydrogen-bond donors (Lipinski definition) is 0. The molecule has 1 atom stereocenters. The molecule has 0 aromatic heterocycles. The monoisotopic (exact) mass is 196 g/mol. The first-order chi connectivity index (χ1) is 5.95. The van der Waals surface area contributed by atoms with Gasteiger partial charge in [-0.1, -0.05) is 18.2 Å². The lowest BCUT2D eigenvalue weighted by molar-refractivity contribution is 0.871. The van der Waals surface area contributed by atoms with Crippen LogP contribution in [0.2, 0.25) is 0 Å². The van der Waals surface area contributed by atoms with Gasteiger partial charge in [0.15, 0.2) is 0 Å². The molecule has 1 aliphatic heterocycles. The molecule has 2 rings (SSSR count). The zero-order chi connectivity index (χ0) is 8.23. The molecule has 1 aromatic carbocycles. The molecule has 1 unspecified atom stereocenters. The van der Waals surface area contributed by atoms with Crippen molar-refractivity contribution < 1.29 is 0 Å². The van der Waals surface area contributed by atoms with E-state index in [1.807, 2.05) is 11.8 Å². The number of thioether (sulfide) groups is 2. The van der Waals surface area contributed by atoms with Crippen molar-refractivity contribution in [1.29, 1.82) is 0 Å². The average molecular weight is 196 g/mol. The van der Waals surface area contributed by atoms with Gasteiger partial charge in [-0.25, -0.2) is 0 Å². The fourth-order valence-electron chi connectivity index (χ4n) is 1.12. The third-order valence-corrected chi connectivity index (χ3v) is 4.70. The van der Waals surface area contributed by atoms with Crippen LogP contribution in [0.1, 0.15) is 6.42 Å². The van der Waals surface area contributed by atoms with E-state index in [1.165, 1.54) is 22.8 Å². The minimum atomic E-state index is 0.926. The van der Waals surface area contributed by atoms with Crippen molar-refractivity contribution in [3.63, 3.8) is 0 Å². The van der Waals surface area contributed by atoms with Crippen LogP contribution in [0.15, 0.2) is 35.2 Å². The topological polar surface area (TPSA) is 0 Å². The largest absolute Gasteiger partial charge is 0.158 e. The van der Waals surface area contributed by atoms with Crippen LogP contribution in [0.5, 0.6) is 0 Å². The maximum absolute atomic E-state index is 2.19. The lowest BCUT2D eigenvalue weighted by Gasteiger charge is -2.24. The molecule has 1 aliphatic rings. The van der Waals surface area contributed by atoms with Crippen LogP contribution in [0.3, 0.4) is 0 Å². The highest BCUT2D eigenvalue weighted by atomic mass is 32.2. The van der Waals surface area contributed by atoms with Gasteiger partial charge in [-0.15, -0.1) is 11.8 Å². The molecule has 0 bridgehead atoms. The highest BCUT2D eigenvalue weighted by molar-refractivity contribution is 8.04. The summed E-state index contributed by atoms with van der Waals surface area (Å²) in [6, 6.07) is 10.7. The normalized spacial score (nSPS) is 21.8. The Kier molecular flexibility index (Phi) is 3.01. The lowest BCUT2D eigenvalue weighted by Crippen LogP contribution is -2.17. The molecule has 1 saturated heterocycles. The molecule has 0 radical (unpaired) electrons. The summed E-state index contributed by atoms with van der Waals surface area (Å²) in [5, 5.41) is 0.926. The maximum Gasteiger partial charge on any atom is 0.0149 e. The fraction of sp³-hybridized carbons (Fsp3) is 0.400. The molecule has 12 heavy (non-hydrogen) atoms. The number of hydrogen-bond acceptors (Lipinski definition) is 2. The van der Waals surface area contributed by atoms with E-state index in [-0.39, 0.29) is 0 Å². The Bertz CT molecular complexity index is 229. The molecular formula is C10H12S2. The van der Waals surface area contributed by atoms with Gasteiger partial charge in [0.25, 0.3) is 0 Å². The Morgan fingerprint density at radius 1 is 1.33 bits per heavy atom. The molecule has 1 aromatic rings. The molecule has 0 saturated carbocycles. The Morgan fingerprint density at radius 2 is 2.08 bits per heavy atom. The van der Waals surface area contributed by atoms with Crippen molar-refractivity contribution in [2.45, 2.75) is 16.6 Å². The predicted octanol–water partition coefficient (Wildman–Crippen LogP) is 3.28. The first kappa shape index (κ1) is 8.52. The van der Waals surface area contributed by atoms with Gasteiger partial charge < -0.3 is 0 Å². The molecular weight excluding hydrogens is 184 g/mol. The van der Waals surface area contributed by atoms with Crippen molar-refractivity contribution >= 4 is 23.5 Å². The summed E-state index contributed by atoms with van der Waals surface area (Å²) in [4.78, 5) is 1.41.